The van der Waals surface area contributed by atoms with Gasteiger partial charge in [-0.2, -0.15) is 0 Å². The van der Waals surface area contributed by atoms with Gasteiger partial charge in [-0.25, -0.2) is 0 Å². The number of nitrogens with one attached hydrogen (secondary N) is 1. The van der Waals surface area contributed by atoms with E-state index in [1.807, 2.05) is 32.0 Å². The summed E-state index contributed by atoms with van der Waals surface area (Å²) in [6.07, 6.45) is 1.21. The maximum Gasteiger partial charge on any atom is 0.225 e. The third-order valence-corrected chi connectivity index (χ3v) is 5.85. The second-order valence-corrected chi connectivity index (χ2v) is 8.39. The van der Waals surface area contributed by atoms with Crippen molar-refractivity contribution >= 4 is 11.7 Å². The molecule has 0 fully saturated rings. The molecule has 0 saturated carbocycles. The lowest BCUT2D eigenvalue weighted by Crippen LogP contribution is -2.38. The third-order valence-electron chi connectivity index (χ3n) is 5.85. The first-order valence-electron chi connectivity index (χ1n) is 10.5. The molecule has 6 nitrogen and oxygen atoms in total. The summed E-state index contributed by atoms with van der Waals surface area (Å²) < 4.78 is 11.3. The Hall–Kier alpha value is -3.28. The fourth-order valence-corrected chi connectivity index (χ4v) is 4.48. The number of Topliss-reactive ketones (excluding diaryl/α,β-unsaturated/α-hetero) is 1. The maximum absolute atomic E-state index is 13.2. The van der Waals surface area contributed by atoms with E-state index < -0.39 is 0 Å². The molecule has 1 amide bonds. The van der Waals surface area contributed by atoms with E-state index in [2.05, 4.69) is 5.32 Å². The van der Waals surface area contributed by atoms with Crippen LogP contribution in [-0.2, 0) is 9.59 Å². The third kappa shape index (κ3) is 4.29. The lowest BCUT2D eigenvalue weighted by molar-refractivity contribution is -0.122. The van der Waals surface area contributed by atoms with Crippen molar-refractivity contribution in [3.05, 3.63) is 64.9 Å². The summed E-state index contributed by atoms with van der Waals surface area (Å²) in [4.78, 5) is 25.6. The Labute approximate surface area is 181 Å². The fraction of sp³-hybridized carbons (Fsp3) is 0.360. The molecule has 0 saturated heterocycles. The number of amides is 1. The topological polar surface area (TPSA) is 84.9 Å². The van der Waals surface area contributed by atoms with Gasteiger partial charge in [0.15, 0.2) is 17.3 Å². The summed E-state index contributed by atoms with van der Waals surface area (Å²) in [5.41, 5.74) is 3.24. The summed E-state index contributed by atoms with van der Waals surface area (Å²) in [7, 11) is 1.60. The minimum absolute atomic E-state index is 0.0259. The van der Waals surface area contributed by atoms with Gasteiger partial charge in [0, 0.05) is 30.0 Å². The van der Waals surface area contributed by atoms with E-state index in [1.54, 1.807) is 31.4 Å². The zero-order valence-electron chi connectivity index (χ0n) is 18.0. The Morgan fingerprint density at radius 3 is 2.35 bits per heavy atom. The molecular weight excluding hydrogens is 394 g/mol. The molecule has 0 unspecified atom stereocenters. The quantitative estimate of drug-likeness (QED) is 0.756. The van der Waals surface area contributed by atoms with Crippen LogP contribution in [0.3, 0.4) is 0 Å². The van der Waals surface area contributed by atoms with Crippen molar-refractivity contribution in [1.29, 1.82) is 0 Å². The number of rotatable bonds is 5. The van der Waals surface area contributed by atoms with Crippen molar-refractivity contribution in [3.63, 3.8) is 0 Å². The number of phenolic OH excluding ortho intramolecular Hbond substituents is 1. The van der Waals surface area contributed by atoms with Crippen LogP contribution in [0.25, 0.3) is 0 Å². The van der Waals surface area contributed by atoms with Crippen molar-refractivity contribution in [2.45, 2.75) is 51.0 Å². The number of aromatic hydroxyl groups is 1. The van der Waals surface area contributed by atoms with E-state index >= 15 is 0 Å². The highest BCUT2D eigenvalue weighted by molar-refractivity contribution is 6.02. The van der Waals surface area contributed by atoms with Crippen LogP contribution < -0.4 is 14.8 Å². The second-order valence-electron chi connectivity index (χ2n) is 8.39. The van der Waals surface area contributed by atoms with Crippen molar-refractivity contribution in [2.24, 2.45) is 0 Å². The molecule has 2 N–H and O–H groups in total. The van der Waals surface area contributed by atoms with Gasteiger partial charge in [0.1, 0.15) is 5.75 Å². The number of hydrogen-bond donors (Lipinski definition) is 2. The van der Waals surface area contributed by atoms with Crippen LogP contribution in [-0.4, -0.2) is 30.0 Å². The van der Waals surface area contributed by atoms with Crippen LogP contribution in [0.5, 0.6) is 17.2 Å². The Kier molecular flexibility index (Phi) is 5.72. The molecule has 2 aromatic carbocycles. The monoisotopic (exact) mass is 421 g/mol. The fourth-order valence-electron chi connectivity index (χ4n) is 4.48. The number of methoxy groups -OCH3 is 1. The smallest absolute Gasteiger partial charge is 0.225 e. The highest BCUT2D eigenvalue weighted by atomic mass is 16.5. The van der Waals surface area contributed by atoms with E-state index in [4.69, 9.17) is 9.47 Å². The molecule has 1 aliphatic heterocycles. The molecule has 162 valence electrons. The van der Waals surface area contributed by atoms with Gasteiger partial charge in [0.25, 0.3) is 0 Å². The van der Waals surface area contributed by atoms with Crippen molar-refractivity contribution in [2.75, 3.05) is 7.11 Å². The number of phenols is 1. The van der Waals surface area contributed by atoms with Gasteiger partial charge in [-0.3, -0.25) is 9.59 Å². The average molecular weight is 421 g/mol. The Bertz CT molecular complexity index is 1040. The standard InChI is InChI=1S/C25H27NO5/c1-14(2)31-22-9-6-16(12-23(22)30-3)17-10-20-25(21(28)11-17)19(13-24(29)26-20)15-4-7-18(27)8-5-15/h4-9,12,14,17,19,27H,10-11,13H2,1-3H3,(H,26,29)/t17-,19-/m0/s1. The summed E-state index contributed by atoms with van der Waals surface area (Å²) in [5.74, 6) is 1.08. The zero-order valence-corrected chi connectivity index (χ0v) is 18.0. The maximum atomic E-state index is 13.2. The second kappa shape index (κ2) is 8.46. The van der Waals surface area contributed by atoms with E-state index in [0.717, 1.165) is 11.1 Å². The van der Waals surface area contributed by atoms with Gasteiger partial charge in [-0.1, -0.05) is 18.2 Å². The first-order chi connectivity index (χ1) is 14.9. The Balaban J connectivity index is 1.65. The van der Waals surface area contributed by atoms with Crippen LogP contribution in [0.15, 0.2) is 53.7 Å². The van der Waals surface area contributed by atoms with Gasteiger partial charge in [0.05, 0.1) is 13.2 Å². The van der Waals surface area contributed by atoms with Gasteiger partial charge < -0.3 is 19.9 Å². The van der Waals surface area contributed by atoms with Gasteiger partial charge in [-0.15, -0.1) is 0 Å². The van der Waals surface area contributed by atoms with Crippen molar-refractivity contribution in [3.8, 4) is 17.2 Å². The van der Waals surface area contributed by atoms with E-state index in [-0.39, 0.29) is 41.8 Å². The lowest BCUT2D eigenvalue weighted by Gasteiger charge is -2.34. The first-order valence-corrected chi connectivity index (χ1v) is 10.5. The number of carbonyl (C=O) groups excluding carboxylic acids is 2. The first kappa shape index (κ1) is 21.0. The molecular formula is C25H27NO5. The minimum atomic E-state index is -0.283. The van der Waals surface area contributed by atoms with Crippen LogP contribution in [0.1, 0.15) is 56.1 Å². The summed E-state index contributed by atoms with van der Waals surface area (Å²) >= 11 is 0. The van der Waals surface area contributed by atoms with Gasteiger partial charge >= 0.3 is 0 Å². The van der Waals surface area contributed by atoms with Crippen LogP contribution >= 0.6 is 0 Å². The number of ether oxygens (including phenoxy) is 2. The molecule has 0 spiro atoms. The largest absolute Gasteiger partial charge is 0.508 e. The van der Waals surface area contributed by atoms with Crippen molar-refractivity contribution in [1.82, 2.24) is 5.32 Å². The number of hydrogen-bond acceptors (Lipinski definition) is 5. The molecule has 2 aromatic rings. The molecule has 4 rings (SSSR count). The molecule has 1 heterocycles. The minimum Gasteiger partial charge on any atom is -0.508 e. The predicted molar refractivity (Wildman–Crippen MR) is 116 cm³/mol. The van der Waals surface area contributed by atoms with Crippen LogP contribution in [0, 0.1) is 0 Å². The molecule has 0 aromatic heterocycles. The molecule has 31 heavy (non-hydrogen) atoms. The van der Waals surface area contributed by atoms with Gasteiger partial charge in [0.2, 0.25) is 5.91 Å². The molecule has 2 atom stereocenters. The SMILES string of the molecule is COc1cc([C@@H]2CC(=O)C3=C(C2)NC(=O)C[C@H]3c2ccc(O)cc2)ccc1OC(C)C. The summed E-state index contributed by atoms with van der Waals surface area (Å²) in [6, 6.07) is 12.5. The molecule has 0 bridgehead atoms. The summed E-state index contributed by atoms with van der Waals surface area (Å²) in [6.45, 7) is 3.91. The average Bonchev–Trinajstić information content (AvgIpc) is 2.73. The van der Waals surface area contributed by atoms with E-state index in [0.29, 0.717) is 35.6 Å². The Morgan fingerprint density at radius 1 is 0.968 bits per heavy atom. The summed E-state index contributed by atoms with van der Waals surface area (Å²) in [5, 5.41) is 12.5. The number of benzene rings is 2. The van der Waals surface area contributed by atoms with Crippen LogP contribution in [0.2, 0.25) is 0 Å². The lowest BCUT2D eigenvalue weighted by atomic mass is 9.73. The zero-order chi connectivity index (χ0) is 22.1. The molecule has 2 aliphatic rings. The number of carbonyl (C=O) groups is 2. The molecule has 0 radical (unpaired) electrons. The normalized spacial score (nSPS) is 21.0. The van der Waals surface area contributed by atoms with E-state index in [9.17, 15) is 14.7 Å². The molecule has 6 heteroatoms. The number of ketones is 1. The predicted octanol–water partition coefficient (Wildman–Crippen LogP) is 4.19. The Morgan fingerprint density at radius 2 is 1.68 bits per heavy atom. The van der Waals surface area contributed by atoms with Gasteiger partial charge in [-0.05, 0) is 61.6 Å². The van der Waals surface area contributed by atoms with E-state index in [1.165, 1.54) is 0 Å². The molecule has 1 aliphatic carbocycles. The highest BCUT2D eigenvalue weighted by Crippen LogP contribution is 2.44. The number of allylic oxidation sites excluding steroid dienone is 2. The van der Waals surface area contributed by atoms with Crippen molar-refractivity contribution < 1.29 is 24.2 Å². The highest BCUT2D eigenvalue weighted by Gasteiger charge is 2.38. The van der Waals surface area contributed by atoms with Crippen LogP contribution in [0.4, 0.5) is 0 Å².